The molecule has 172 valence electrons. The van der Waals surface area contributed by atoms with Crippen molar-refractivity contribution in [2.45, 2.75) is 72.2 Å². The second-order valence-electron chi connectivity index (χ2n) is 9.98. The van der Waals surface area contributed by atoms with Gasteiger partial charge in [-0.1, -0.05) is 0 Å². The van der Waals surface area contributed by atoms with Crippen molar-refractivity contribution >= 4 is 46.4 Å². The summed E-state index contributed by atoms with van der Waals surface area (Å²) >= 11 is -3.94. The van der Waals surface area contributed by atoms with Gasteiger partial charge in [-0.3, -0.25) is 0 Å². The molecule has 0 aromatic heterocycles. The van der Waals surface area contributed by atoms with Crippen LogP contribution >= 0.6 is 27.9 Å². The molecule has 0 amide bonds. The number of benzene rings is 2. The summed E-state index contributed by atoms with van der Waals surface area (Å²) < 4.78 is -0.500. The zero-order chi connectivity index (χ0) is 24.4. The maximum absolute atomic E-state index is 7.28. The van der Waals surface area contributed by atoms with Gasteiger partial charge in [0.1, 0.15) is 0 Å². The van der Waals surface area contributed by atoms with Crippen molar-refractivity contribution in [3.8, 4) is 0 Å². The molecule has 0 N–H and O–H groups in total. The molecule has 32 heavy (non-hydrogen) atoms. The Balaban J connectivity index is 2.62. The Morgan fingerprint density at radius 1 is 0.625 bits per heavy atom. The number of aryl methyl sites for hydroxylation is 4. The van der Waals surface area contributed by atoms with Crippen molar-refractivity contribution < 1.29 is 13.4 Å². The van der Waals surface area contributed by atoms with Crippen molar-refractivity contribution in [3.05, 3.63) is 80.4 Å². The van der Waals surface area contributed by atoms with Gasteiger partial charge in [-0.05, 0) is 0 Å². The van der Waals surface area contributed by atoms with Crippen LogP contribution in [0.4, 0.5) is 0 Å². The van der Waals surface area contributed by atoms with Gasteiger partial charge in [-0.15, -0.1) is 0 Å². The summed E-state index contributed by atoms with van der Waals surface area (Å²) in [4.78, 5) is 0. The van der Waals surface area contributed by atoms with E-state index in [1.807, 2.05) is 0 Å². The van der Waals surface area contributed by atoms with Gasteiger partial charge in [0.05, 0.1) is 0 Å². The van der Waals surface area contributed by atoms with E-state index in [-0.39, 0.29) is 0 Å². The molecule has 1 aliphatic carbocycles. The van der Waals surface area contributed by atoms with E-state index in [2.05, 4.69) is 99.2 Å². The van der Waals surface area contributed by atoms with Crippen LogP contribution in [-0.4, -0.2) is 8.07 Å². The fourth-order valence-corrected chi connectivity index (χ4v) is 28.2. The molecule has 0 aliphatic heterocycles. The van der Waals surface area contributed by atoms with Gasteiger partial charge < -0.3 is 0 Å². The third kappa shape index (κ3) is 3.67. The molecule has 0 bridgehead atoms. The number of hydrogen-bond donors (Lipinski definition) is 0. The molecule has 0 spiro atoms. The Hall–Kier alpha value is -0.279. The van der Waals surface area contributed by atoms with Crippen LogP contribution in [0, 0.1) is 34.6 Å². The normalized spacial score (nSPS) is 18.4. The van der Waals surface area contributed by atoms with Crippen LogP contribution in [0.15, 0.2) is 52.6 Å². The fourth-order valence-electron chi connectivity index (χ4n) is 6.05. The van der Waals surface area contributed by atoms with Crippen LogP contribution < -0.4 is 10.4 Å². The SMILES string of the molecule is CC1=C(C)[C]([Si](C)(c2cc(C)cc(C)c2)c2cc(C)c(C)c(C)c2)([Ti]([Cl])([Cl])[Cl])C(C)=C1C. The van der Waals surface area contributed by atoms with Crippen molar-refractivity contribution in [2.24, 2.45) is 0 Å². The predicted octanol–water partition coefficient (Wildman–Crippen LogP) is 8.42. The standard InChI is InChI=1S/C27H35Si.3ClH.Ti/c1-16-11-17(2)13-25(12-16)28(10,26-14-18(3)20(5)19(4)15-26)27-23(8)21(6)22(7)24(27)9;;;;/h11-15H,1-10H3;3*1H;/q;;;;+3/p-3. The monoisotopic (exact) mass is 540 g/mol. The molecule has 0 nitrogen and oxygen atoms in total. The molecule has 2 aromatic rings. The van der Waals surface area contributed by atoms with Gasteiger partial charge in [0.25, 0.3) is 0 Å². The van der Waals surface area contributed by atoms with Crippen molar-refractivity contribution in [1.29, 1.82) is 0 Å². The number of halogens is 3. The summed E-state index contributed by atoms with van der Waals surface area (Å²) in [5.41, 5.74) is 11.6. The molecule has 2 aromatic carbocycles. The molecule has 0 saturated heterocycles. The van der Waals surface area contributed by atoms with Gasteiger partial charge in [-0.2, -0.15) is 0 Å². The van der Waals surface area contributed by atoms with Crippen LogP contribution in [0.2, 0.25) is 9.89 Å². The van der Waals surface area contributed by atoms with Gasteiger partial charge in [0.2, 0.25) is 0 Å². The molecule has 0 saturated carbocycles. The number of hydrogen-bond acceptors (Lipinski definition) is 0. The first-order chi connectivity index (χ1) is 14.6. The molecule has 0 radical (unpaired) electrons. The molecule has 0 fully saturated rings. The second-order valence-corrected chi connectivity index (χ2v) is 27.1. The second kappa shape index (κ2) is 8.74. The Bertz CT molecular complexity index is 1100. The van der Waals surface area contributed by atoms with Crippen molar-refractivity contribution in [2.75, 3.05) is 0 Å². The van der Waals surface area contributed by atoms with Crippen LogP contribution in [0.5, 0.6) is 0 Å². The van der Waals surface area contributed by atoms with E-state index in [0.717, 1.165) is 0 Å². The summed E-state index contributed by atoms with van der Waals surface area (Å²) in [6, 6.07) is 11.7. The Morgan fingerprint density at radius 2 is 1.00 bits per heavy atom. The van der Waals surface area contributed by atoms with Gasteiger partial charge in [0.15, 0.2) is 0 Å². The van der Waals surface area contributed by atoms with Gasteiger partial charge >= 0.3 is 212 Å². The van der Waals surface area contributed by atoms with Gasteiger partial charge in [0, 0.05) is 0 Å². The van der Waals surface area contributed by atoms with E-state index >= 15 is 0 Å². The first kappa shape index (κ1) is 26.3. The van der Waals surface area contributed by atoms with Crippen molar-refractivity contribution in [1.82, 2.24) is 0 Å². The van der Waals surface area contributed by atoms with E-state index in [0.29, 0.717) is 0 Å². The minimum absolute atomic E-state index is 0.500. The molecular formula is C27H35Cl3SiTi. The number of allylic oxidation sites excluding steroid dienone is 4. The van der Waals surface area contributed by atoms with Crippen LogP contribution in [-0.2, 0) is 13.4 Å². The zero-order valence-electron chi connectivity index (χ0n) is 21.0. The molecule has 1 atom stereocenters. The summed E-state index contributed by atoms with van der Waals surface area (Å²) in [6.07, 6.45) is 0. The van der Waals surface area contributed by atoms with Crippen LogP contribution in [0.1, 0.15) is 55.5 Å². The third-order valence-electron chi connectivity index (χ3n) is 8.29. The quantitative estimate of drug-likeness (QED) is 0.341. The average Bonchev–Trinajstić information content (AvgIpc) is 2.85. The van der Waals surface area contributed by atoms with E-state index < -0.39 is 24.8 Å². The maximum atomic E-state index is 7.28. The molecule has 0 heterocycles. The first-order valence-corrected chi connectivity index (χ1v) is 20.9. The van der Waals surface area contributed by atoms with E-state index in [1.165, 1.54) is 60.5 Å². The summed E-state index contributed by atoms with van der Waals surface area (Å²) in [5.74, 6) is 0. The summed E-state index contributed by atoms with van der Waals surface area (Å²) in [5, 5.41) is 2.72. The van der Waals surface area contributed by atoms with Crippen molar-refractivity contribution in [3.63, 3.8) is 0 Å². The topological polar surface area (TPSA) is 0 Å². The Labute approximate surface area is 211 Å². The summed E-state index contributed by atoms with van der Waals surface area (Å²) in [6.45, 7) is 22.3. The molecule has 1 aliphatic rings. The number of rotatable bonds is 4. The minimum atomic E-state index is -3.94. The van der Waals surface area contributed by atoms with E-state index in [1.54, 1.807) is 0 Å². The van der Waals surface area contributed by atoms with E-state index in [9.17, 15) is 0 Å². The van der Waals surface area contributed by atoms with E-state index in [4.69, 9.17) is 27.9 Å². The molecule has 3 rings (SSSR count). The Kier molecular flexibility index (Phi) is 7.19. The molecule has 5 heteroatoms. The zero-order valence-corrected chi connectivity index (χ0v) is 25.8. The molecular weight excluding hydrogens is 507 g/mol. The van der Waals surface area contributed by atoms with Crippen LogP contribution in [0.3, 0.4) is 0 Å². The van der Waals surface area contributed by atoms with Crippen LogP contribution in [0.25, 0.3) is 0 Å². The summed E-state index contributed by atoms with van der Waals surface area (Å²) in [7, 11) is 19.2. The first-order valence-electron chi connectivity index (χ1n) is 11.2. The fraction of sp³-hybridized carbons (Fsp3) is 0.407. The molecule has 1 unspecified atom stereocenters. The van der Waals surface area contributed by atoms with Gasteiger partial charge in [-0.25, -0.2) is 0 Å². The Morgan fingerprint density at radius 3 is 1.38 bits per heavy atom. The third-order valence-corrected chi connectivity index (χ3v) is 25.3. The average molecular weight is 542 g/mol. The predicted molar refractivity (Wildman–Crippen MR) is 144 cm³/mol.